The number of carbonyl (C=O) groups is 1. The number of amides is 1. The van der Waals surface area contributed by atoms with Gasteiger partial charge in [-0.25, -0.2) is 4.79 Å². The number of aliphatic hydroxyl groups excluding tert-OH is 1. The highest BCUT2D eigenvalue weighted by Gasteiger charge is 2.12. The fraction of sp³-hybridized carbons (Fsp3) is 0.417. The second kappa shape index (κ2) is 7.52. The second-order valence-corrected chi connectivity index (χ2v) is 3.68. The quantitative estimate of drug-likeness (QED) is 0.834. The van der Waals surface area contributed by atoms with Crippen molar-refractivity contribution in [3.8, 4) is 5.75 Å². The number of aliphatic hydroxyl groups is 1. The van der Waals surface area contributed by atoms with Crippen LogP contribution in [0.1, 0.15) is 18.5 Å². The molecule has 0 fully saturated rings. The summed E-state index contributed by atoms with van der Waals surface area (Å²) in [4.78, 5) is 11.3. The molecular formula is C12H15F2NO4. The van der Waals surface area contributed by atoms with Crippen LogP contribution in [-0.4, -0.2) is 31.0 Å². The lowest BCUT2D eigenvalue weighted by Crippen LogP contribution is -2.28. The van der Waals surface area contributed by atoms with Crippen molar-refractivity contribution in [1.82, 2.24) is 5.32 Å². The summed E-state index contributed by atoms with van der Waals surface area (Å²) in [5, 5.41) is 11.0. The van der Waals surface area contributed by atoms with E-state index < -0.39 is 18.7 Å². The largest absolute Gasteiger partial charge is 0.447 e. The van der Waals surface area contributed by atoms with Crippen molar-refractivity contribution in [3.05, 3.63) is 29.8 Å². The Morgan fingerprint density at radius 3 is 2.84 bits per heavy atom. The van der Waals surface area contributed by atoms with Crippen LogP contribution in [-0.2, 0) is 4.74 Å². The molecule has 0 saturated heterocycles. The van der Waals surface area contributed by atoms with Gasteiger partial charge in [0.25, 0.3) is 0 Å². The summed E-state index contributed by atoms with van der Waals surface area (Å²) in [7, 11) is 0. The summed E-state index contributed by atoms with van der Waals surface area (Å²) < 4.78 is 33.0. The highest BCUT2D eigenvalue weighted by molar-refractivity contribution is 5.67. The molecular weight excluding hydrogens is 260 g/mol. The minimum absolute atomic E-state index is 0.0184. The molecule has 0 aliphatic carbocycles. The molecule has 1 amide bonds. The zero-order valence-electron chi connectivity index (χ0n) is 10.3. The van der Waals surface area contributed by atoms with E-state index in [0.29, 0.717) is 5.56 Å². The molecule has 5 nitrogen and oxygen atoms in total. The Labute approximate surface area is 109 Å². The monoisotopic (exact) mass is 275 g/mol. The number of ether oxygens (including phenoxy) is 2. The molecule has 19 heavy (non-hydrogen) atoms. The molecule has 2 N–H and O–H groups in total. The van der Waals surface area contributed by atoms with Gasteiger partial charge in [0.2, 0.25) is 0 Å². The number of hydrogen-bond donors (Lipinski definition) is 2. The van der Waals surface area contributed by atoms with Crippen molar-refractivity contribution >= 4 is 6.09 Å². The van der Waals surface area contributed by atoms with Crippen molar-refractivity contribution in [3.63, 3.8) is 0 Å². The third-order valence-electron chi connectivity index (χ3n) is 2.24. The Morgan fingerprint density at radius 2 is 2.21 bits per heavy atom. The van der Waals surface area contributed by atoms with Crippen molar-refractivity contribution < 1.29 is 28.2 Å². The smallest absolute Gasteiger partial charge is 0.407 e. The highest BCUT2D eigenvalue weighted by Crippen LogP contribution is 2.20. The van der Waals surface area contributed by atoms with Crippen LogP contribution < -0.4 is 10.1 Å². The Morgan fingerprint density at radius 1 is 1.47 bits per heavy atom. The molecule has 0 radical (unpaired) electrons. The van der Waals surface area contributed by atoms with E-state index in [1.165, 1.54) is 12.1 Å². The molecule has 1 aromatic carbocycles. The van der Waals surface area contributed by atoms with Gasteiger partial charge in [-0.05, 0) is 24.6 Å². The molecule has 0 bridgehead atoms. The zero-order valence-corrected chi connectivity index (χ0v) is 10.3. The maximum Gasteiger partial charge on any atom is 0.407 e. The lowest BCUT2D eigenvalue weighted by molar-refractivity contribution is -0.0499. The number of rotatable bonds is 6. The van der Waals surface area contributed by atoms with Crippen LogP contribution in [0.2, 0.25) is 0 Å². The van der Waals surface area contributed by atoms with Crippen LogP contribution in [0.15, 0.2) is 24.3 Å². The van der Waals surface area contributed by atoms with Gasteiger partial charge in [0, 0.05) is 0 Å². The van der Waals surface area contributed by atoms with E-state index in [-0.39, 0.29) is 19.0 Å². The summed E-state index contributed by atoms with van der Waals surface area (Å²) in [5.41, 5.74) is 0.596. The Bertz CT molecular complexity index is 414. The molecule has 106 valence electrons. The van der Waals surface area contributed by atoms with Crippen molar-refractivity contribution in [2.24, 2.45) is 0 Å². The first-order chi connectivity index (χ1) is 9.02. The van der Waals surface area contributed by atoms with Gasteiger partial charge in [-0.1, -0.05) is 12.1 Å². The Kier molecular flexibility index (Phi) is 6.01. The third kappa shape index (κ3) is 5.52. The van der Waals surface area contributed by atoms with Gasteiger partial charge < -0.3 is 19.9 Å². The molecule has 1 unspecified atom stereocenters. The summed E-state index contributed by atoms with van der Waals surface area (Å²) >= 11 is 0. The summed E-state index contributed by atoms with van der Waals surface area (Å²) in [5.74, 6) is 0.0184. The molecule has 7 heteroatoms. The van der Waals surface area contributed by atoms with Gasteiger partial charge in [-0.3, -0.25) is 0 Å². The average molecular weight is 275 g/mol. The molecule has 0 aliphatic rings. The van der Waals surface area contributed by atoms with Crippen LogP contribution in [0.4, 0.5) is 13.6 Å². The summed E-state index contributed by atoms with van der Waals surface area (Å²) in [6, 6.07) is 5.57. The van der Waals surface area contributed by atoms with Gasteiger partial charge in [0.15, 0.2) is 0 Å². The summed E-state index contributed by atoms with van der Waals surface area (Å²) in [6.45, 7) is -1.60. The Hall–Kier alpha value is -1.89. The third-order valence-corrected chi connectivity index (χ3v) is 2.24. The van der Waals surface area contributed by atoms with Crippen LogP contribution in [0.25, 0.3) is 0 Å². The molecule has 0 heterocycles. The number of carbonyl (C=O) groups excluding carboxylic acids is 1. The first-order valence-electron chi connectivity index (χ1n) is 5.62. The zero-order chi connectivity index (χ0) is 14.3. The lowest BCUT2D eigenvalue weighted by Gasteiger charge is -2.15. The fourth-order valence-electron chi connectivity index (χ4n) is 1.40. The second-order valence-electron chi connectivity index (χ2n) is 3.68. The Balaban J connectivity index is 2.61. The number of alkyl halides is 2. The van der Waals surface area contributed by atoms with Gasteiger partial charge in [0.05, 0.1) is 12.6 Å². The van der Waals surface area contributed by atoms with E-state index in [2.05, 4.69) is 14.8 Å². The van der Waals surface area contributed by atoms with Crippen LogP contribution >= 0.6 is 0 Å². The van der Waals surface area contributed by atoms with E-state index in [1.807, 2.05) is 0 Å². The lowest BCUT2D eigenvalue weighted by atomic mass is 10.1. The van der Waals surface area contributed by atoms with Crippen LogP contribution in [0, 0.1) is 0 Å². The molecule has 1 aromatic rings. The standard InChI is InChI=1S/C12H15F2NO4/c1-8(15-12(17)18-6-5-16)9-3-2-4-10(7-9)19-11(13)14/h2-4,7-8,11,16H,5-6H2,1H3,(H,15,17). The van der Waals surface area contributed by atoms with E-state index in [4.69, 9.17) is 5.11 Å². The molecule has 1 rings (SSSR count). The molecule has 0 saturated carbocycles. The van der Waals surface area contributed by atoms with Gasteiger partial charge in [0.1, 0.15) is 12.4 Å². The first-order valence-corrected chi connectivity index (χ1v) is 5.62. The normalized spacial score (nSPS) is 12.1. The molecule has 0 aliphatic heterocycles. The maximum absolute atomic E-state index is 12.1. The van der Waals surface area contributed by atoms with Crippen molar-refractivity contribution in [2.45, 2.75) is 19.6 Å². The topological polar surface area (TPSA) is 67.8 Å². The van der Waals surface area contributed by atoms with E-state index in [1.54, 1.807) is 19.1 Å². The van der Waals surface area contributed by atoms with E-state index >= 15 is 0 Å². The van der Waals surface area contributed by atoms with E-state index in [0.717, 1.165) is 0 Å². The predicted molar refractivity (Wildman–Crippen MR) is 63.1 cm³/mol. The predicted octanol–water partition coefficient (Wildman–Crippen LogP) is 2.07. The number of nitrogens with one attached hydrogen (secondary N) is 1. The average Bonchev–Trinajstić information content (AvgIpc) is 2.35. The van der Waals surface area contributed by atoms with Crippen molar-refractivity contribution in [2.75, 3.05) is 13.2 Å². The minimum atomic E-state index is -2.90. The number of benzene rings is 1. The summed E-state index contributed by atoms with van der Waals surface area (Å²) in [6.07, 6.45) is -0.693. The molecule has 0 aromatic heterocycles. The van der Waals surface area contributed by atoms with Gasteiger partial charge >= 0.3 is 12.7 Å². The molecule has 1 atom stereocenters. The van der Waals surface area contributed by atoms with E-state index in [9.17, 15) is 13.6 Å². The van der Waals surface area contributed by atoms with Crippen LogP contribution in [0.5, 0.6) is 5.75 Å². The van der Waals surface area contributed by atoms with Crippen molar-refractivity contribution in [1.29, 1.82) is 0 Å². The number of halogens is 2. The minimum Gasteiger partial charge on any atom is -0.447 e. The maximum atomic E-state index is 12.1. The number of alkyl carbamates (subject to hydrolysis) is 1. The highest BCUT2D eigenvalue weighted by atomic mass is 19.3. The van der Waals surface area contributed by atoms with Crippen LogP contribution in [0.3, 0.4) is 0 Å². The number of hydrogen-bond acceptors (Lipinski definition) is 4. The van der Waals surface area contributed by atoms with Gasteiger partial charge in [-0.15, -0.1) is 0 Å². The first kappa shape index (κ1) is 15.2. The fourth-order valence-corrected chi connectivity index (χ4v) is 1.40. The SMILES string of the molecule is CC(NC(=O)OCCO)c1cccc(OC(F)F)c1. The van der Waals surface area contributed by atoms with Gasteiger partial charge in [-0.2, -0.15) is 8.78 Å². The molecule has 0 spiro atoms.